The van der Waals surface area contributed by atoms with Crippen LogP contribution < -0.4 is 15.6 Å². The number of hydrazine groups is 1. The predicted molar refractivity (Wildman–Crippen MR) is 68.6 cm³/mol. The van der Waals surface area contributed by atoms with Crippen molar-refractivity contribution in [3.63, 3.8) is 0 Å². The molecule has 1 aromatic rings. The summed E-state index contributed by atoms with van der Waals surface area (Å²) in [6.45, 7) is -0.500. The van der Waals surface area contributed by atoms with Crippen molar-refractivity contribution in [2.45, 2.75) is 4.90 Å². The Kier molecular flexibility index (Phi) is 5.74. The lowest BCUT2D eigenvalue weighted by atomic mass is 10.4. The molecule has 0 saturated carbocycles. The van der Waals surface area contributed by atoms with Crippen LogP contribution in [0.3, 0.4) is 0 Å². The van der Waals surface area contributed by atoms with Gasteiger partial charge >= 0.3 is 0 Å². The molecule has 3 N–H and O–H groups in total. The first kappa shape index (κ1) is 15.4. The number of alkyl halides is 1. The Morgan fingerprint density at radius 3 is 2.21 bits per heavy atom. The second kappa shape index (κ2) is 7.07. The van der Waals surface area contributed by atoms with Crippen LogP contribution in [0.1, 0.15) is 0 Å². The minimum atomic E-state index is -3.75. The number of rotatable bonds is 5. The Hall–Kier alpha value is -1.64. The minimum Gasteiger partial charge on any atom is -0.272 e. The maximum Gasteiger partial charge on any atom is 0.253 e. The summed E-state index contributed by atoms with van der Waals surface area (Å²) in [5.41, 5.74) is 4.01. The molecule has 7 nitrogen and oxygen atoms in total. The number of carbonyl (C=O) groups is 2. The molecule has 0 aromatic heterocycles. The lowest BCUT2D eigenvalue weighted by molar-refractivity contribution is -0.127. The highest BCUT2D eigenvalue weighted by Gasteiger charge is 2.14. The summed E-state index contributed by atoms with van der Waals surface area (Å²) in [6, 6.07) is 7.60. The molecular formula is C10H12ClN3O4S. The highest BCUT2D eigenvalue weighted by Crippen LogP contribution is 2.06. The minimum absolute atomic E-state index is 0.0487. The number of nitrogens with one attached hydrogen (secondary N) is 3. The number of hydrogen-bond acceptors (Lipinski definition) is 4. The van der Waals surface area contributed by atoms with E-state index in [1.807, 2.05) is 10.9 Å². The molecule has 0 bridgehead atoms. The second-order valence-corrected chi connectivity index (χ2v) is 5.40. The highest BCUT2D eigenvalue weighted by atomic mass is 35.5. The fraction of sp³-hybridized carbons (Fsp3) is 0.200. The third-order valence-corrected chi connectivity index (χ3v) is 3.60. The van der Waals surface area contributed by atoms with Gasteiger partial charge in [-0.05, 0) is 12.1 Å². The summed E-state index contributed by atoms with van der Waals surface area (Å²) in [5.74, 6) is -1.62. The van der Waals surface area contributed by atoms with Crippen LogP contribution in [0.25, 0.3) is 0 Å². The van der Waals surface area contributed by atoms with E-state index in [1.165, 1.54) is 12.1 Å². The average molecular weight is 306 g/mol. The van der Waals surface area contributed by atoms with Gasteiger partial charge in [0.05, 0.1) is 11.4 Å². The van der Waals surface area contributed by atoms with Crippen molar-refractivity contribution in [3.8, 4) is 0 Å². The summed E-state index contributed by atoms with van der Waals surface area (Å²) < 4.78 is 25.6. The first-order chi connectivity index (χ1) is 8.95. The smallest absolute Gasteiger partial charge is 0.253 e. The summed E-state index contributed by atoms with van der Waals surface area (Å²) in [4.78, 5) is 22.0. The molecule has 0 fully saturated rings. The van der Waals surface area contributed by atoms with Gasteiger partial charge in [0.25, 0.3) is 11.8 Å². The van der Waals surface area contributed by atoms with E-state index in [0.29, 0.717) is 0 Å². The summed E-state index contributed by atoms with van der Waals surface area (Å²) >= 11 is 5.19. The van der Waals surface area contributed by atoms with Crippen LogP contribution >= 0.6 is 11.6 Å². The summed E-state index contributed by atoms with van der Waals surface area (Å²) in [5, 5.41) is 0. The van der Waals surface area contributed by atoms with Gasteiger partial charge in [-0.15, -0.1) is 11.6 Å². The molecule has 0 atom stereocenters. The van der Waals surface area contributed by atoms with Gasteiger partial charge in [-0.25, -0.2) is 13.1 Å². The molecule has 0 radical (unpaired) electrons. The Morgan fingerprint density at radius 1 is 1.05 bits per heavy atom. The molecule has 0 heterocycles. The van der Waals surface area contributed by atoms with Gasteiger partial charge in [0.15, 0.2) is 0 Å². The Balaban J connectivity index is 2.48. The second-order valence-electron chi connectivity index (χ2n) is 3.37. The Labute approximate surface area is 115 Å². The van der Waals surface area contributed by atoms with Crippen molar-refractivity contribution in [1.29, 1.82) is 0 Å². The standard InChI is InChI=1S/C10H12ClN3O4S/c11-6-9(15)13-14-10(16)7-12-19(17,18)8-4-2-1-3-5-8/h1-5,12H,6-7H2,(H,13,15)(H,14,16). The first-order valence-corrected chi connectivity index (χ1v) is 7.16. The summed E-state index contributed by atoms with van der Waals surface area (Å²) in [7, 11) is -3.75. The van der Waals surface area contributed by atoms with Gasteiger partial charge in [0.2, 0.25) is 10.0 Å². The average Bonchev–Trinajstić information content (AvgIpc) is 2.43. The molecule has 0 aliphatic heterocycles. The van der Waals surface area contributed by atoms with E-state index >= 15 is 0 Å². The monoisotopic (exact) mass is 305 g/mol. The molecule has 1 rings (SSSR count). The van der Waals surface area contributed by atoms with E-state index in [2.05, 4.69) is 4.72 Å². The fourth-order valence-corrected chi connectivity index (χ4v) is 2.13. The molecular weight excluding hydrogens is 294 g/mol. The molecule has 0 spiro atoms. The van der Waals surface area contributed by atoms with Crippen LogP contribution in [0.2, 0.25) is 0 Å². The van der Waals surface area contributed by atoms with Crippen molar-refractivity contribution in [2.24, 2.45) is 0 Å². The van der Waals surface area contributed by atoms with Crippen molar-refractivity contribution in [3.05, 3.63) is 30.3 Å². The largest absolute Gasteiger partial charge is 0.272 e. The van der Waals surface area contributed by atoms with Crippen LogP contribution in [0, 0.1) is 0 Å². The van der Waals surface area contributed by atoms with Gasteiger partial charge in [0.1, 0.15) is 5.88 Å². The first-order valence-electron chi connectivity index (χ1n) is 5.14. The fourth-order valence-electron chi connectivity index (χ4n) is 1.06. The Morgan fingerprint density at radius 2 is 1.63 bits per heavy atom. The molecule has 19 heavy (non-hydrogen) atoms. The highest BCUT2D eigenvalue weighted by molar-refractivity contribution is 7.89. The third-order valence-electron chi connectivity index (χ3n) is 1.94. The number of amides is 2. The topological polar surface area (TPSA) is 104 Å². The number of carbonyl (C=O) groups excluding carboxylic acids is 2. The van der Waals surface area contributed by atoms with Gasteiger partial charge in [-0.1, -0.05) is 18.2 Å². The van der Waals surface area contributed by atoms with E-state index in [1.54, 1.807) is 18.2 Å². The quantitative estimate of drug-likeness (QED) is 0.497. The van der Waals surface area contributed by atoms with E-state index < -0.39 is 28.4 Å². The van der Waals surface area contributed by atoms with Crippen LogP contribution in [0.5, 0.6) is 0 Å². The maximum absolute atomic E-state index is 11.7. The van der Waals surface area contributed by atoms with Crippen LogP contribution in [0.4, 0.5) is 0 Å². The molecule has 0 aliphatic rings. The molecule has 0 aliphatic carbocycles. The van der Waals surface area contributed by atoms with Crippen LogP contribution in [-0.2, 0) is 19.6 Å². The van der Waals surface area contributed by atoms with Crippen molar-refractivity contribution in [2.75, 3.05) is 12.4 Å². The van der Waals surface area contributed by atoms with E-state index in [0.717, 1.165) is 0 Å². The van der Waals surface area contributed by atoms with Gasteiger partial charge in [-0.2, -0.15) is 0 Å². The molecule has 9 heteroatoms. The molecule has 0 unspecified atom stereocenters. The lowest BCUT2D eigenvalue weighted by Gasteiger charge is -2.08. The molecule has 0 saturated heterocycles. The SMILES string of the molecule is O=C(CCl)NNC(=O)CNS(=O)(=O)c1ccccc1. The summed E-state index contributed by atoms with van der Waals surface area (Å²) in [6.07, 6.45) is 0. The number of benzene rings is 1. The van der Waals surface area contributed by atoms with E-state index in [9.17, 15) is 18.0 Å². The number of hydrogen-bond donors (Lipinski definition) is 3. The van der Waals surface area contributed by atoms with Gasteiger partial charge in [0, 0.05) is 0 Å². The van der Waals surface area contributed by atoms with Crippen molar-refractivity contribution < 1.29 is 18.0 Å². The molecule has 2 amide bonds. The Bertz CT molecular complexity index is 547. The maximum atomic E-state index is 11.7. The van der Waals surface area contributed by atoms with E-state index in [-0.39, 0.29) is 10.8 Å². The molecule has 1 aromatic carbocycles. The zero-order valence-electron chi connectivity index (χ0n) is 9.72. The van der Waals surface area contributed by atoms with Crippen molar-refractivity contribution >= 4 is 33.4 Å². The third kappa shape index (κ3) is 5.25. The lowest BCUT2D eigenvalue weighted by Crippen LogP contribution is -2.46. The number of halogens is 1. The van der Waals surface area contributed by atoms with Gasteiger partial charge < -0.3 is 0 Å². The van der Waals surface area contributed by atoms with Crippen LogP contribution in [0.15, 0.2) is 35.2 Å². The normalized spacial score (nSPS) is 10.8. The molecule has 104 valence electrons. The number of sulfonamides is 1. The van der Waals surface area contributed by atoms with Crippen LogP contribution in [-0.4, -0.2) is 32.7 Å². The zero-order chi connectivity index (χ0) is 14.3. The zero-order valence-corrected chi connectivity index (χ0v) is 11.3. The van der Waals surface area contributed by atoms with E-state index in [4.69, 9.17) is 11.6 Å². The predicted octanol–water partition coefficient (Wildman–Crippen LogP) is -0.649. The van der Waals surface area contributed by atoms with Crippen molar-refractivity contribution in [1.82, 2.24) is 15.6 Å². The van der Waals surface area contributed by atoms with Gasteiger partial charge in [-0.3, -0.25) is 20.4 Å².